The topological polar surface area (TPSA) is 88.5 Å². The van der Waals surface area contributed by atoms with Gasteiger partial charge in [0.2, 0.25) is 5.91 Å². The molecule has 0 unspecified atom stereocenters. The summed E-state index contributed by atoms with van der Waals surface area (Å²) in [5, 5.41) is 9.86. The first-order chi connectivity index (χ1) is 18.8. The second-order valence-corrected chi connectivity index (χ2v) is 10.4. The molecule has 3 amide bonds. The van der Waals surface area contributed by atoms with Crippen LogP contribution in [0.15, 0.2) is 54.6 Å². The molecule has 0 aliphatic heterocycles. The maximum Gasteiger partial charge on any atom is 0.418 e. The lowest BCUT2D eigenvalue weighted by Gasteiger charge is -2.24. The number of carbonyl (C=O) groups excluding carboxylic acids is 2. The smallest absolute Gasteiger partial charge is 0.418 e. The number of benzene rings is 2. The number of hydrogen-bond acceptors (Lipinski definition) is 4. The standard InChI is InChI=1S/C29H36F3N5O3/c1-6-7-10-17-36(27(39)33-23-12-9-8-11-22(23)29(30,31)32)19-26(38)34-25-18-24(28(2,3)4)35-37(25)20-13-15-21(40-5)16-14-20/h8-9,11-16,18H,6-7,10,17,19H2,1-5H3,(H,33,39)(H,34,38). The molecular weight excluding hydrogens is 523 g/mol. The first kappa shape index (κ1) is 30.5. The number of anilines is 2. The molecule has 0 saturated carbocycles. The fourth-order valence-electron chi connectivity index (χ4n) is 3.95. The van der Waals surface area contributed by atoms with E-state index >= 15 is 0 Å². The number of halogens is 3. The van der Waals surface area contributed by atoms with Gasteiger partial charge in [-0.05, 0) is 42.8 Å². The van der Waals surface area contributed by atoms with Crippen molar-refractivity contribution in [2.24, 2.45) is 0 Å². The number of unbranched alkanes of at least 4 members (excludes halogenated alkanes) is 2. The van der Waals surface area contributed by atoms with E-state index in [0.29, 0.717) is 23.7 Å². The van der Waals surface area contributed by atoms with E-state index in [1.165, 1.54) is 23.1 Å². The van der Waals surface area contributed by atoms with Gasteiger partial charge < -0.3 is 20.3 Å². The number of carbonyl (C=O) groups is 2. The molecule has 0 spiro atoms. The van der Waals surface area contributed by atoms with Gasteiger partial charge in [-0.3, -0.25) is 4.79 Å². The van der Waals surface area contributed by atoms with Crippen molar-refractivity contribution in [2.45, 2.75) is 58.5 Å². The van der Waals surface area contributed by atoms with Crippen molar-refractivity contribution in [2.75, 3.05) is 30.8 Å². The lowest BCUT2D eigenvalue weighted by atomic mass is 9.92. The number of alkyl halides is 3. The van der Waals surface area contributed by atoms with E-state index in [4.69, 9.17) is 4.74 Å². The number of ether oxygens (including phenoxy) is 1. The number of hydrogen-bond donors (Lipinski definition) is 2. The summed E-state index contributed by atoms with van der Waals surface area (Å²) in [5.41, 5.74) is -0.213. The SMILES string of the molecule is CCCCCN(CC(=O)Nc1cc(C(C)(C)C)nn1-c1ccc(OC)cc1)C(=O)Nc1ccccc1C(F)(F)F. The summed E-state index contributed by atoms with van der Waals surface area (Å²) in [6.45, 7) is 7.83. The number of nitrogens with one attached hydrogen (secondary N) is 2. The maximum absolute atomic E-state index is 13.5. The molecule has 0 atom stereocenters. The minimum Gasteiger partial charge on any atom is -0.497 e. The fraction of sp³-hybridized carbons (Fsp3) is 0.414. The number of para-hydroxylation sites is 1. The molecule has 3 rings (SSSR count). The van der Waals surface area contributed by atoms with Crippen LogP contribution in [0.3, 0.4) is 0 Å². The molecule has 0 fully saturated rings. The summed E-state index contributed by atoms with van der Waals surface area (Å²) >= 11 is 0. The fourth-order valence-corrected chi connectivity index (χ4v) is 3.95. The first-order valence-corrected chi connectivity index (χ1v) is 13.1. The Kier molecular flexibility index (Phi) is 9.83. The zero-order valence-electron chi connectivity index (χ0n) is 23.4. The molecule has 0 aliphatic carbocycles. The molecule has 0 aliphatic rings. The van der Waals surface area contributed by atoms with Gasteiger partial charge in [-0.1, -0.05) is 52.7 Å². The molecule has 2 N–H and O–H groups in total. The van der Waals surface area contributed by atoms with Crippen LogP contribution in [0.2, 0.25) is 0 Å². The van der Waals surface area contributed by atoms with Crippen LogP contribution >= 0.6 is 0 Å². The summed E-state index contributed by atoms with van der Waals surface area (Å²) in [7, 11) is 1.57. The molecule has 11 heteroatoms. The quantitative estimate of drug-likeness (QED) is 0.266. The van der Waals surface area contributed by atoms with Crippen LogP contribution in [0.5, 0.6) is 5.75 Å². The van der Waals surface area contributed by atoms with Crippen LogP contribution < -0.4 is 15.4 Å². The van der Waals surface area contributed by atoms with E-state index in [2.05, 4.69) is 15.7 Å². The summed E-state index contributed by atoms with van der Waals surface area (Å²) in [4.78, 5) is 27.5. The van der Waals surface area contributed by atoms with E-state index in [0.717, 1.165) is 24.6 Å². The van der Waals surface area contributed by atoms with Crippen molar-refractivity contribution in [3.8, 4) is 11.4 Å². The number of rotatable bonds is 10. The van der Waals surface area contributed by atoms with Crippen LogP contribution in [0, 0.1) is 0 Å². The molecule has 0 saturated heterocycles. The van der Waals surface area contributed by atoms with Crippen molar-refractivity contribution in [3.05, 3.63) is 65.9 Å². The number of methoxy groups -OCH3 is 1. The van der Waals surface area contributed by atoms with E-state index in [9.17, 15) is 22.8 Å². The number of amides is 3. The van der Waals surface area contributed by atoms with Gasteiger partial charge in [0, 0.05) is 18.0 Å². The Balaban J connectivity index is 1.84. The molecular formula is C29H36F3N5O3. The minimum absolute atomic E-state index is 0.201. The molecule has 8 nitrogen and oxygen atoms in total. The highest BCUT2D eigenvalue weighted by Crippen LogP contribution is 2.34. The van der Waals surface area contributed by atoms with Crippen LogP contribution in [0.1, 0.15) is 58.2 Å². The molecule has 0 radical (unpaired) electrons. The van der Waals surface area contributed by atoms with Gasteiger partial charge in [0.15, 0.2) is 0 Å². The van der Waals surface area contributed by atoms with E-state index in [-0.39, 0.29) is 24.2 Å². The Morgan fingerprint density at radius 2 is 1.68 bits per heavy atom. The Morgan fingerprint density at radius 1 is 1.00 bits per heavy atom. The van der Waals surface area contributed by atoms with Crippen molar-refractivity contribution >= 4 is 23.4 Å². The predicted octanol–water partition coefficient (Wildman–Crippen LogP) is 6.86. The van der Waals surface area contributed by atoms with Crippen LogP contribution in [-0.4, -0.2) is 46.8 Å². The van der Waals surface area contributed by atoms with Gasteiger partial charge in [-0.25, -0.2) is 9.48 Å². The molecule has 1 aromatic heterocycles. The second-order valence-electron chi connectivity index (χ2n) is 10.4. The molecule has 216 valence electrons. The third-order valence-electron chi connectivity index (χ3n) is 6.19. The number of aromatic nitrogens is 2. The molecule has 40 heavy (non-hydrogen) atoms. The Bertz CT molecular complexity index is 1300. The van der Waals surface area contributed by atoms with Crippen LogP contribution in [-0.2, 0) is 16.4 Å². The minimum atomic E-state index is -4.64. The predicted molar refractivity (Wildman–Crippen MR) is 149 cm³/mol. The van der Waals surface area contributed by atoms with Crippen molar-refractivity contribution < 1.29 is 27.5 Å². The summed E-state index contributed by atoms with van der Waals surface area (Å²) in [5.74, 6) is 0.556. The third-order valence-corrected chi connectivity index (χ3v) is 6.19. The normalized spacial score (nSPS) is 11.7. The molecule has 0 bridgehead atoms. The van der Waals surface area contributed by atoms with Crippen molar-refractivity contribution in [3.63, 3.8) is 0 Å². The lowest BCUT2D eigenvalue weighted by molar-refractivity contribution is -0.137. The van der Waals surface area contributed by atoms with E-state index in [1.54, 1.807) is 42.1 Å². The summed E-state index contributed by atoms with van der Waals surface area (Å²) < 4.78 is 47.2. The highest BCUT2D eigenvalue weighted by molar-refractivity contribution is 5.97. The second kappa shape index (κ2) is 12.9. The largest absolute Gasteiger partial charge is 0.497 e. The monoisotopic (exact) mass is 559 g/mol. The maximum atomic E-state index is 13.5. The highest BCUT2D eigenvalue weighted by atomic mass is 19.4. The highest BCUT2D eigenvalue weighted by Gasteiger charge is 2.34. The van der Waals surface area contributed by atoms with Gasteiger partial charge in [-0.2, -0.15) is 18.3 Å². The van der Waals surface area contributed by atoms with Gasteiger partial charge in [0.25, 0.3) is 0 Å². The average Bonchev–Trinajstić information content (AvgIpc) is 3.32. The average molecular weight is 560 g/mol. The molecule has 3 aromatic rings. The molecule has 1 heterocycles. The lowest BCUT2D eigenvalue weighted by Crippen LogP contribution is -2.41. The number of nitrogens with zero attached hydrogens (tertiary/aromatic N) is 3. The first-order valence-electron chi connectivity index (χ1n) is 13.1. The zero-order chi connectivity index (χ0) is 29.5. The summed E-state index contributed by atoms with van der Waals surface area (Å²) in [6.07, 6.45) is -2.38. The zero-order valence-corrected chi connectivity index (χ0v) is 23.4. The van der Waals surface area contributed by atoms with E-state index < -0.39 is 23.7 Å². The van der Waals surface area contributed by atoms with Crippen molar-refractivity contribution in [1.29, 1.82) is 0 Å². The Hall–Kier alpha value is -4.02. The third kappa shape index (κ3) is 8.00. The van der Waals surface area contributed by atoms with Gasteiger partial charge >= 0.3 is 12.2 Å². The molecule has 2 aromatic carbocycles. The number of urea groups is 1. The van der Waals surface area contributed by atoms with E-state index in [1.807, 2.05) is 27.7 Å². The summed E-state index contributed by atoms with van der Waals surface area (Å²) in [6, 6.07) is 12.9. The van der Waals surface area contributed by atoms with Gasteiger partial charge in [0.05, 0.1) is 29.7 Å². The Labute approximate surface area is 232 Å². The van der Waals surface area contributed by atoms with Crippen molar-refractivity contribution in [1.82, 2.24) is 14.7 Å². The van der Waals surface area contributed by atoms with Crippen LogP contribution in [0.4, 0.5) is 29.5 Å². The van der Waals surface area contributed by atoms with Gasteiger partial charge in [-0.15, -0.1) is 0 Å². The Morgan fingerprint density at radius 3 is 2.27 bits per heavy atom. The van der Waals surface area contributed by atoms with Gasteiger partial charge in [0.1, 0.15) is 18.1 Å². The van der Waals surface area contributed by atoms with Crippen LogP contribution in [0.25, 0.3) is 5.69 Å².